The van der Waals surface area contributed by atoms with Gasteiger partial charge >= 0.3 is 11.9 Å². The average molecular weight is 649 g/mol. The number of aliphatic carboxylic acids is 1. The third-order valence-corrected chi connectivity index (χ3v) is 14.8. The second-order valence-electron chi connectivity index (χ2n) is 17.7. The second-order valence-corrected chi connectivity index (χ2v) is 17.7. The van der Waals surface area contributed by atoms with Crippen molar-refractivity contribution in [2.75, 3.05) is 13.7 Å². The largest absolute Gasteiger partial charge is 0.504 e. The predicted octanol–water partition coefficient (Wildman–Crippen LogP) is 8.18. The van der Waals surface area contributed by atoms with Gasteiger partial charge in [0.05, 0.1) is 18.6 Å². The van der Waals surface area contributed by atoms with Crippen molar-refractivity contribution in [3.8, 4) is 11.5 Å². The number of hydrogen-bond donors (Lipinski definition) is 3. The molecule has 7 nitrogen and oxygen atoms in total. The molecule has 0 heterocycles. The third-order valence-electron chi connectivity index (χ3n) is 14.8. The minimum absolute atomic E-state index is 0.0137. The normalized spacial score (nSPS) is 40.2. The zero-order valence-electron chi connectivity index (χ0n) is 29.5. The lowest BCUT2D eigenvalue weighted by atomic mass is 9.33. The van der Waals surface area contributed by atoms with Crippen molar-refractivity contribution in [2.45, 2.75) is 112 Å². The molecule has 0 spiro atoms. The van der Waals surface area contributed by atoms with Gasteiger partial charge in [0.15, 0.2) is 11.5 Å². The first-order valence-corrected chi connectivity index (χ1v) is 17.8. The van der Waals surface area contributed by atoms with Gasteiger partial charge in [-0.15, -0.1) is 0 Å². The number of methoxy groups -OCH3 is 1. The maximum absolute atomic E-state index is 13.5. The molecule has 0 amide bonds. The molecule has 7 heteroatoms. The highest BCUT2D eigenvalue weighted by Gasteiger charge is 2.70. The van der Waals surface area contributed by atoms with Crippen LogP contribution in [0, 0.1) is 50.2 Å². The molecule has 0 unspecified atom stereocenters. The van der Waals surface area contributed by atoms with Crippen LogP contribution in [0.3, 0.4) is 0 Å². The number of carbonyl (C=O) groups excluding carboxylic acids is 1. The minimum atomic E-state index is -0.784. The molecule has 0 saturated heterocycles. The zero-order chi connectivity index (χ0) is 34.2. The highest BCUT2D eigenvalue weighted by atomic mass is 16.5. The van der Waals surface area contributed by atoms with Crippen molar-refractivity contribution < 1.29 is 34.4 Å². The highest BCUT2D eigenvalue weighted by molar-refractivity contribution is 5.87. The van der Waals surface area contributed by atoms with Crippen LogP contribution >= 0.6 is 0 Å². The number of aliphatic hydroxyl groups is 1. The number of allylic oxidation sites excluding steroid dienone is 1. The molecule has 0 radical (unpaired) electrons. The Balaban J connectivity index is 1.40. The Labute approximate surface area is 280 Å². The first-order chi connectivity index (χ1) is 22.0. The number of rotatable bonds is 6. The van der Waals surface area contributed by atoms with E-state index in [9.17, 15) is 24.9 Å². The van der Waals surface area contributed by atoms with Crippen LogP contribution in [0.4, 0.5) is 0 Å². The summed E-state index contributed by atoms with van der Waals surface area (Å²) in [5.74, 6) is -0.129. The summed E-state index contributed by atoms with van der Waals surface area (Å²) in [6.07, 6.45) is 13.5. The van der Waals surface area contributed by atoms with E-state index in [1.54, 1.807) is 18.2 Å². The number of phenolic OH excluding ortho intramolecular Hbond substituents is 1. The van der Waals surface area contributed by atoms with E-state index in [1.165, 1.54) is 24.8 Å². The molecule has 0 bridgehead atoms. The van der Waals surface area contributed by atoms with Crippen LogP contribution in [0.15, 0.2) is 35.9 Å². The van der Waals surface area contributed by atoms with E-state index < -0.39 is 22.8 Å². The van der Waals surface area contributed by atoms with Crippen molar-refractivity contribution in [3.63, 3.8) is 0 Å². The Bertz CT molecular complexity index is 1490. The molecule has 5 aliphatic carbocycles. The molecule has 1 aromatic rings. The highest BCUT2D eigenvalue weighted by Crippen LogP contribution is 2.76. The SMILES string of the molecule is COc1cc(/C=C/C(=O)OC[C@@]23CC[C@@]4(C(=O)O)CCC(C)(C)C[C@H]4C2=CC[C@@H]2[C@@]4(C)CC[C@H](O)C(C)(C)[C@@H]4CC[C@]23C)ccc1O. The Hall–Kier alpha value is -2.80. The summed E-state index contributed by atoms with van der Waals surface area (Å²) in [6.45, 7) is 14.1. The first kappa shape index (κ1) is 34.1. The summed E-state index contributed by atoms with van der Waals surface area (Å²) in [4.78, 5) is 26.6. The number of ether oxygens (including phenoxy) is 2. The van der Waals surface area contributed by atoms with E-state index in [0.29, 0.717) is 42.4 Å². The molecule has 258 valence electrons. The van der Waals surface area contributed by atoms with Crippen LogP contribution in [0.1, 0.15) is 111 Å². The van der Waals surface area contributed by atoms with Crippen LogP contribution in [0.5, 0.6) is 11.5 Å². The van der Waals surface area contributed by atoms with Gasteiger partial charge < -0.3 is 24.8 Å². The lowest BCUT2D eigenvalue weighted by molar-refractivity contribution is -0.217. The van der Waals surface area contributed by atoms with Crippen molar-refractivity contribution in [2.24, 2.45) is 50.2 Å². The van der Waals surface area contributed by atoms with Crippen LogP contribution in [0.25, 0.3) is 6.08 Å². The summed E-state index contributed by atoms with van der Waals surface area (Å²) in [6, 6.07) is 4.92. The van der Waals surface area contributed by atoms with Gasteiger partial charge in [-0.25, -0.2) is 4.79 Å². The number of fused-ring (bicyclic) bond motifs is 7. The first-order valence-electron chi connectivity index (χ1n) is 17.8. The third kappa shape index (κ3) is 5.08. The standard InChI is InChI=1S/C40H56O7/c1-35(2)18-19-39(34(44)45)20-21-40(24-47-33(43)13-9-25-8-11-28(41)29(22-25)46-7)26(27(39)23-35)10-12-31-37(5)16-15-32(42)36(3,4)30(37)14-17-38(31,40)6/h8-11,13,22,27,30-32,41-42H,12,14-21,23-24H2,1-7H3,(H,44,45)/b13-9+/t27-,30-,31+,32-,37-,38+,39-,40-/m0/s1. The smallest absolute Gasteiger partial charge is 0.330 e. The Morgan fingerprint density at radius 3 is 2.38 bits per heavy atom. The fraction of sp³-hybridized carbons (Fsp3) is 0.700. The van der Waals surface area contributed by atoms with E-state index in [1.807, 2.05) is 0 Å². The number of carbonyl (C=O) groups is 2. The van der Waals surface area contributed by atoms with Gasteiger partial charge in [-0.1, -0.05) is 59.3 Å². The van der Waals surface area contributed by atoms with Gasteiger partial charge in [0.1, 0.15) is 6.61 Å². The Kier molecular flexibility index (Phi) is 8.26. The summed E-state index contributed by atoms with van der Waals surface area (Å²) < 4.78 is 11.5. The number of aromatic hydroxyl groups is 1. The molecular formula is C40H56O7. The number of phenols is 1. The lowest BCUT2D eigenvalue weighted by Crippen LogP contribution is -2.66. The molecule has 0 aliphatic heterocycles. The van der Waals surface area contributed by atoms with Gasteiger partial charge in [-0.3, -0.25) is 4.79 Å². The molecule has 47 heavy (non-hydrogen) atoms. The van der Waals surface area contributed by atoms with E-state index >= 15 is 0 Å². The molecule has 5 aliphatic rings. The lowest BCUT2D eigenvalue weighted by Gasteiger charge is -2.71. The maximum Gasteiger partial charge on any atom is 0.330 e. The number of carboxylic acids is 1. The molecule has 3 N–H and O–H groups in total. The number of hydrogen-bond acceptors (Lipinski definition) is 6. The van der Waals surface area contributed by atoms with Crippen LogP contribution < -0.4 is 4.74 Å². The minimum Gasteiger partial charge on any atom is -0.504 e. The monoisotopic (exact) mass is 648 g/mol. The summed E-state index contributed by atoms with van der Waals surface area (Å²) in [5, 5.41) is 31.9. The van der Waals surface area contributed by atoms with Crippen molar-refractivity contribution in [1.29, 1.82) is 0 Å². The van der Waals surface area contributed by atoms with Crippen LogP contribution in [-0.4, -0.2) is 47.1 Å². The van der Waals surface area contributed by atoms with Gasteiger partial charge in [-0.05, 0) is 127 Å². The summed E-state index contributed by atoms with van der Waals surface area (Å²) in [7, 11) is 1.49. The van der Waals surface area contributed by atoms with Gasteiger partial charge in [0.25, 0.3) is 0 Å². The van der Waals surface area contributed by atoms with E-state index in [4.69, 9.17) is 9.47 Å². The zero-order valence-corrected chi connectivity index (χ0v) is 29.5. The van der Waals surface area contributed by atoms with Crippen molar-refractivity contribution >= 4 is 18.0 Å². The van der Waals surface area contributed by atoms with E-state index in [-0.39, 0.29) is 46.0 Å². The van der Waals surface area contributed by atoms with Crippen molar-refractivity contribution in [1.82, 2.24) is 0 Å². The fourth-order valence-electron chi connectivity index (χ4n) is 11.9. The number of benzene rings is 1. The number of carboxylic acid groups (broad SMARTS) is 1. The number of esters is 1. The average Bonchev–Trinajstić information content (AvgIpc) is 3.01. The Morgan fingerprint density at radius 2 is 1.68 bits per heavy atom. The van der Waals surface area contributed by atoms with Gasteiger partial charge in [-0.2, -0.15) is 0 Å². The molecule has 4 saturated carbocycles. The Morgan fingerprint density at radius 1 is 0.957 bits per heavy atom. The molecular weight excluding hydrogens is 592 g/mol. The van der Waals surface area contributed by atoms with Crippen LogP contribution in [-0.2, 0) is 14.3 Å². The van der Waals surface area contributed by atoms with Gasteiger partial charge in [0, 0.05) is 11.5 Å². The molecule has 6 rings (SSSR count). The molecule has 0 aromatic heterocycles. The van der Waals surface area contributed by atoms with E-state index in [0.717, 1.165) is 44.9 Å². The number of aliphatic hydroxyl groups excluding tert-OH is 1. The second kappa shape index (κ2) is 11.4. The fourth-order valence-corrected chi connectivity index (χ4v) is 11.9. The molecule has 1 aromatic carbocycles. The summed E-state index contributed by atoms with van der Waals surface area (Å²) in [5.41, 5.74) is 0.360. The summed E-state index contributed by atoms with van der Waals surface area (Å²) >= 11 is 0. The molecule has 8 atom stereocenters. The topological polar surface area (TPSA) is 113 Å². The quantitative estimate of drug-likeness (QED) is 0.162. The maximum atomic E-state index is 13.5. The predicted molar refractivity (Wildman–Crippen MR) is 182 cm³/mol. The van der Waals surface area contributed by atoms with Crippen LogP contribution in [0.2, 0.25) is 0 Å². The molecule has 4 fully saturated rings. The van der Waals surface area contributed by atoms with E-state index in [2.05, 4.69) is 47.6 Å². The van der Waals surface area contributed by atoms with Gasteiger partial charge in [0.2, 0.25) is 0 Å². The van der Waals surface area contributed by atoms with Crippen molar-refractivity contribution in [3.05, 3.63) is 41.5 Å².